The van der Waals surface area contributed by atoms with E-state index in [9.17, 15) is 9.59 Å². The number of hydrogen-bond donors (Lipinski definition) is 0. The number of nitrogens with zero attached hydrogens (tertiary/aromatic N) is 5. The first kappa shape index (κ1) is 24.2. The highest BCUT2D eigenvalue weighted by Crippen LogP contribution is 2.25. The molecule has 36 heavy (non-hydrogen) atoms. The number of aromatic nitrogens is 2. The predicted octanol–water partition coefficient (Wildman–Crippen LogP) is 4.26. The molecule has 188 valence electrons. The van der Waals surface area contributed by atoms with Crippen LogP contribution in [0.25, 0.3) is 10.8 Å². The molecule has 2 aliphatic rings. The Bertz CT molecular complexity index is 1260. The molecule has 7 heteroatoms. The van der Waals surface area contributed by atoms with Crippen LogP contribution < -0.4 is 4.90 Å². The number of aryl methyl sites for hydroxylation is 1. The number of piperazine rings is 1. The number of carbonyl (C=O) groups is 2. The van der Waals surface area contributed by atoms with Crippen molar-refractivity contribution in [2.45, 2.75) is 39.5 Å². The number of rotatable bonds is 4. The quantitative estimate of drug-likeness (QED) is 0.552. The van der Waals surface area contributed by atoms with Crippen molar-refractivity contribution in [3.05, 3.63) is 65.6 Å². The Morgan fingerprint density at radius 2 is 1.67 bits per heavy atom. The number of piperidine rings is 1. The molecule has 0 saturated carbocycles. The van der Waals surface area contributed by atoms with E-state index in [1.807, 2.05) is 65.3 Å². The molecule has 0 N–H and O–H groups in total. The Kier molecular flexibility index (Phi) is 6.90. The maximum atomic E-state index is 13.5. The van der Waals surface area contributed by atoms with Gasteiger partial charge in [-0.1, -0.05) is 50.2 Å². The average molecular weight is 486 g/mol. The molecule has 0 radical (unpaired) electrons. The summed E-state index contributed by atoms with van der Waals surface area (Å²) in [7, 11) is 0. The zero-order valence-electron chi connectivity index (χ0n) is 21.5. The Labute approximate surface area is 213 Å². The van der Waals surface area contributed by atoms with Crippen LogP contribution in [0.5, 0.6) is 0 Å². The van der Waals surface area contributed by atoms with E-state index < -0.39 is 0 Å². The number of anilines is 1. The smallest absolute Gasteiger partial charge is 0.254 e. The third-order valence-electron chi connectivity index (χ3n) is 7.37. The predicted molar refractivity (Wildman–Crippen MR) is 142 cm³/mol. The maximum absolute atomic E-state index is 13.5. The van der Waals surface area contributed by atoms with Crippen LogP contribution >= 0.6 is 0 Å². The molecule has 2 fully saturated rings. The second-order valence-corrected chi connectivity index (χ2v) is 10.3. The molecule has 1 aromatic heterocycles. The van der Waals surface area contributed by atoms with E-state index in [1.54, 1.807) is 0 Å². The molecule has 0 bridgehead atoms. The summed E-state index contributed by atoms with van der Waals surface area (Å²) in [6.45, 7) is 10.3. The van der Waals surface area contributed by atoms with Crippen molar-refractivity contribution in [3.8, 4) is 0 Å². The normalized spacial score (nSPS) is 18.7. The van der Waals surface area contributed by atoms with Crippen LogP contribution in [0.3, 0.4) is 0 Å². The molecular weight excluding hydrogens is 450 g/mol. The standard InChI is InChI=1S/C29H35N5O2/c1-20(2)27-30-21(3)18-26(31-27)32-14-16-33(17-15-32)28(35)23-10-7-13-34(19-23)29(36)25-12-6-9-22-8-4-5-11-24(22)25/h4-6,8-9,11-12,18,20,23H,7,10,13-17,19H2,1-3H3. The number of carbonyl (C=O) groups excluding carboxylic acids is 2. The molecule has 0 aliphatic carbocycles. The van der Waals surface area contributed by atoms with Gasteiger partial charge >= 0.3 is 0 Å². The Morgan fingerprint density at radius 3 is 2.44 bits per heavy atom. The monoisotopic (exact) mass is 485 g/mol. The minimum Gasteiger partial charge on any atom is -0.353 e. The van der Waals surface area contributed by atoms with Gasteiger partial charge in [0.15, 0.2) is 0 Å². The van der Waals surface area contributed by atoms with E-state index >= 15 is 0 Å². The zero-order valence-corrected chi connectivity index (χ0v) is 21.5. The molecular formula is C29H35N5O2. The molecule has 1 atom stereocenters. The molecule has 2 saturated heterocycles. The highest BCUT2D eigenvalue weighted by molar-refractivity contribution is 6.07. The molecule has 3 heterocycles. The molecule has 7 nitrogen and oxygen atoms in total. The fourth-order valence-corrected chi connectivity index (χ4v) is 5.35. The Morgan fingerprint density at radius 1 is 0.917 bits per heavy atom. The van der Waals surface area contributed by atoms with Gasteiger partial charge in [-0.25, -0.2) is 9.97 Å². The molecule has 5 rings (SSSR count). The Hall–Kier alpha value is -3.48. The largest absolute Gasteiger partial charge is 0.353 e. The van der Waals surface area contributed by atoms with E-state index in [2.05, 4.69) is 23.7 Å². The van der Waals surface area contributed by atoms with Gasteiger partial charge in [0, 0.05) is 62.5 Å². The number of hydrogen-bond acceptors (Lipinski definition) is 5. The first-order chi connectivity index (χ1) is 17.4. The summed E-state index contributed by atoms with van der Waals surface area (Å²) in [6.07, 6.45) is 1.69. The topological polar surface area (TPSA) is 69.6 Å². The van der Waals surface area contributed by atoms with Gasteiger partial charge in [-0.3, -0.25) is 9.59 Å². The zero-order chi connectivity index (χ0) is 25.2. The number of amides is 2. The molecule has 2 aliphatic heterocycles. The van der Waals surface area contributed by atoms with E-state index in [4.69, 9.17) is 4.98 Å². The maximum Gasteiger partial charge on any atom is 0.254 e. The van der Waals surface area contributed by atoms with E-state index in [0.29, 0.717) is 26.2 Å². The van der Waals surface area contributed by atoms with E-state index in [0.717, 1.165) is 59.6 Å². The van der Waals surface area contributed by atoms with Gasteiger partial charge in [0.1, 0.15) is 11.6 Å². The number of benzene rings is 2. The third kappa shape index (κ3) is 4.92. The van der Waals surface area contributed by atoms with E-state index in [1.165, 1.54) is 0 Å². The van der Waals surface area contributed by atoms with Gasteiger partial charge in [-0.2, -0.15) is 0 Å². The van der Waals surface area contributed by atoms with Crippen LogP contribution in [0, 0.1) is 12.8 Å². The summed E-state index contributed by atoms with van der Waals surface area (Å²) in [5, 5.41) is 2.03. The molecule has 2 amide bonds. The van der Waals surface area contributed by atoms with Gasteiger partial charge in [-0.05, 0) is 36.6 Å². The van der Waals surface area contributed by atoms with Crippen LogP contribution in [-0.2, 0) is 4.79 Å². The SMILES string of the molecule is Cc1cc(N2CCN(C(=O)C3CCCN(C(=O)c4cccc5ccccc45)C3)CC2)nc(C(C)C)n1. The molecule has 2 aromatic carbocycles. The minimum atomic E-state index is -0.141. The summed E-state index contributed by atoms with van der Waals surface area (Å²) in [5.74, 6) is 2.14. The second-order valence-electron chi connectivity index (χ2n) is 10.3. The van der Waals surface area contributed by atoms with E-state index in [-0.39, 0.29) is 23.7 Å². The van der Waals surface area contributed by atoms with Gasteiger partial charge in [0.2, 0.25) is 5.91 Å². The average Bonchev–Trinajstić information content (AvgIpc) is 2.91. The second kappa shape index (κ2) is 10.2. The molecule has 3 aromatic rings. The minimum absolute atomic E-state index is 0.0224. The summed E-state index contributed by atoms with van der Waals surface area (Å²) >= 11 is 0. The third-order valence-corrected chi connectivity index (χ3v) is 7.37. The van der Waals surface area contributed by atoms with Crippen molar-refractivity contribution >= 4 is 28.4 Å². The summed E-state index contributed by atoms with van der Waals surface area (Å²) in [6, 6.07) is 15.9. The lowest BCUT2D eigenvalue weighted by Crippen LogP contribution is -2.53. The van der Waals surface area contributed by atoms with Crippen molar-refractivity contribution < 1.29 is 9.59 Å². The van der Waals surface area contributed by atoms with Crippen molar-refractivity contribution in [2.75, 3.05) is 44.2 Å². The number of fused-ring (bicyclic) bond motifs is 1. The summed E-state index contributed by atoms with van der Waals surface area (Å²) < 4.78 is 0. The lowest BCUT2D eigenvalue weighted by Gasteiger charge is -2.39. The van der Waals surface area contributed by atoms with Crippen molar-refractivity contribution in [1.82, 2.24) is 19.8 Å². The summed E-state index contributed by atoms with van der Waals surface area (Å²) in [4.78, 5) is 42.3. The highest BCUT2D eigenvalue weighted by Gasteiger charge is 2.33. The van der Waals surface area contributed by atoms with Gasteiger partial charge in [0.05, 0.1) is 5.92 Å². The van der Waals surface area contributed by atoms with Crippen LogP contribution in [0.4, 0.5) is 5.82 Å². The number of likely N-dealkylation sites (tertiary alicyclic amines) is 1. The van der Waals surface area contributed by atoms with Gasteiger partial charge < -0.3 is 14.7 Å². The first-order valence-corrected chi connectivity index (χ1v) is 13.1. The van der Waals surface area contributed by atoms with Crippen LogP contribution in [-0.4, -0.2) is 70.9 Å². The van der Waals surface area contributed by atoms with Crippen molar-refractivity contribution in [3.63, 3.8) is 0 Å². The molecule has 0 spiro atoms. The van der Waals surface area contributed by atoms with Crippen molar-refractivity contribution in [1.29, 1.82) is 0 Å². The van der Waals surface area contributed by atoms with Gasteiger partial charge in [-0.15, -0.1) is 0 Å². The summed E-state index contributed by atoms with van der Waals surface area (Å²) in [5.41, 5.74) is 1.69. The lowest BCUT2D eigenvalue weighted by molar-refractivity contribution is -0.137. The molecule has 1 unspecified atom stereocenters. The Balaban J connectivity index is 1.23. The van der Waals surface area contributed by atoms with Crippen molar-refractivity contribution in [2.24, 2.45) is 5.92 Å². The highest BCUT2D eigenvalue weighted by atomic mass is 16.2. The van der Waals surface area contributed by atoms with Gasteiger partial charge in [0.25, 0.3) is 5.91 Å². The first-order valence-electron chi connectivity index (χ1n) is 13.1. The fraction of sp³-hybridized carbons (Fsp3) is 0.448. The lowest BCUT2D eigenvalue weighted by atomic mass is 9.95. The fourth-order valence-electron chi connectivity index (χ4n) is 5.35. The van der Waals surface area contributed by atoms with Crippen LogP contribution in [0.1, 0.15) is 54.5 Å². The van der Waals surface area contributed by atoms with Crippen LogP contribution in [0.2, 0.25) is 0 Å². The van der Waals surface area contributed by atoms with Crippen LogP contribution in [0.15, 0.2) is 48.5 Å².